The lowest BCUT2D eigenvalue weighted by molar-refractivity contribution is 0.918. The van der Waals surface area contributed by atoms with Gasteiger partial charge in [-0.2, -0.15) is 5.10 Å². The van der Waals surface area contributed by atoms with Crippen molar-refractivity contribution in [3.05, 3.63) is 35.5 Å². The average Bonchev–Trinajstić information content (AvgIpc) is 2.18. The molecule has 0 spiro atoms. The molecule has 3 heteroatoms. The number of benzene rings is 1. The molecule has 2 aromatic rings. The number of nitrogens with two attached hydrogens (primary N) is 1. The fourth-order valence-electron chi connectivity index (χ4n) is 1.36. The van der Waals surface area contributed by atoms with E-state index in [4.69, 9.17) is 5.73 Å². The van der Waals surface area contributed by atoms with E-state index in [1.165, 1.54) is 0 Å². The second-order valence-corrected chi connectivity index (χ2v) is 3.05. The molecule has 1 heterocycles. The standard InChI is InChI=1S/C10H11N3/c1-7-3-2-4-8-5-9(6-11)12-13-10(7)8/h2-5H,6,11H2,1H3. The Morgan fingerprint density at radius 1 is 1.31 bits per heavy atom. The molecule has 0 aliphatic rings. The van der Waals surface area contributed by atoms with Crippen LogP contribution in [0.2, 0.25) is 0 Å². The van der Waals surface area contributed by atoms with E-state index in [-0.39, 0.29) is 0 Å². The van der Waals surface area contributed by atoms with E-state index in [9.17, 15) is 0 Å². The first-order valence-corrected chi connectivity index (χ1v) is 4.23. The largest absolute Gasteiger partial charge is 0.325 e. The minimum atomic E-state index is 0.441. The summed E-state index contributed by atoms with van der Waals surface area (Å²) in [5.74, 6) is 0. The van der Waals surface area contributed by atoms with Crippen LogP contribution < -0.4 is 5.73 Å². The molecule has 0 aliphatic carbocycles. The Kier molecular flexibility index (Phi) is 1.94. The molecule has 0 radical (unpaired) electrons. The zero-order chi connectivity index (χ0) is 9.26. The van der Waals surface area contributed by atoms with Crippen LogP contribution in [0.25, 0.3) is 10.9 Å². The molecule has 13 heavy (non-hydrogen) atoms. The third-order valence-corrected chi connectivity index (χ3v) is 2.08. The van der Waals surface area contributed by atoms with Crippen LogP contribution in [-0.2, 0) is 6.54 Å². The van der Waals surface area contributed by atoms with Crippen molar-refractivity contribution in [2.45, 2.75) is 13.5 Å². The van der Waals surface area contributed by atoms with Crippen LogP contribution >= 0.6 is 0 Å². The zero-order valence-electron chi connectivity index (χ0n) is 7.49. The summed E-state index contributed by atoms with van der Waals surface area (Å²) >= 11 is 0. The molecule has 0 aliphatic heterocycles. The van der Waals surface area contributed by atoms with Crippen molar-refractivity contribution in [1.29, 1.82) is 0 Å². The quantitative estimate of drug-likeness (QED) is 0.709. The summed E-state index contributed by atoms with van der Waals surface area (Å²) in [5.41, 5.74) is 8.41. The summed E-state index contributed by atoms with van der Waals surface area (Å²) in [6.07, 6.45) is 0. The van der Waals surface area contributed by atoms with E-state index < -0.39 is 0 Å². The number of nitrogens with zero attached hydrogens (tertiary/aromatic N) is 2. The number of fused-ring (bicyclic) bond motifs is 1. The first-order valence-electron chi connectivity index (χ1n) is 4.23. The summed E-state index contributed by atoms with van der Waals surface area (Å²) in [4.78, 5) is 0. The van der Waals surface area contributed by atoms with Crippen LogP contribution in [0.4, 0.5) is 0 Å². The minimum absolute atomic E-state index is 0.441. The van der Waals surface area contributed by atoms with E-state index in [1.54, 1.807) is 0 Å². The summed E-state index contributed by atoms with van der Waals surface area (Å²) in [7, 11) is 0. The summed E-state index contributed by atoms with van der Waals surface area (Å²) in [5, 5.41) is 9.24. The monoisotopic (exact) mass is 173 g/mol. The van der Waals surface area contributed by atoms with E-state index in [0.29, 0.717) is 6.54 Å². The van der Waals surface area contributed by atoms with Gasteiger partial charge in [0, 0.05) is 11.9 Å². The number of aromatic nitrogens is 2. The van der Waals surface area contributed by atoms with Crippen LogP contribution in [0.15, 0.2) is 24.3 Å². The second kappa shape index (κ2) is 3.11. The summed E-state index contributed by atoms with van der Waals surface area (Å²) in [6.45, 7) is 2.47. The van der Waals surface area contributed by atoms with Crippen molar-refractivity contribution in [2.24, 2.45) is 5.73 Å². The van der Waals surface area contributed by atoms with E-state index in [1.807, 2.05) is 31.2 Å². The van der Waals surface area contributed by atoms with Crippen molar-refractivity contribution < 1.29 is 0 Å². The molecular weight excluding hydrogens is 162 g/mol. The highest BCUT2D eigenvalue weighted by molar-refractivity contribution is 5.81. The van der Waals surface area contributed by atoms with Gasteiger partial charge in [-0.1, -0.05) is 18.2 Å². The number of aryl methyl sites for hydroxylation is 1. The molecule has 0 saturated heterocycles. The van der Waals surface area contributed by atoms with Crippen LogP contribution in [0.1, 0.15) is 11.3 Å². The van der Waals surface area contributed by atoms with Crippen LogP contribution in [-0.4, -0.2) is 10.2 Å². The molecule has 66 valence electrons. The van der Waals surface area contributed by atoms with Gasteiger partial charge in [0.25, 0.3) is 0 Å². The fraction of sp³-hybridized carbons (Fsp3) is 0.200. The maximum atomic E-state index is 5.48. The van der Waals surface area contributed by atoms with Gasteiger partial charge in [0.15, 0.2) is 0 Å². The average molecular weight is 173 g/mol. The van der Waals surface area contributed by atoms with Crippen molar-refractivity contribution in [3.8, 4) is 0 Å². The van der Waals surface area contributed by atoms with E-state index in [0.717, 1.165) is 22.2 Å². The van der Waals surface area contributed by atoms with Crippen LogP contribution in [0.3, 0.4) is 0 Å². The molecule has 0 atom stereocenters. The molecule has 2 rings (SSSR count). The Labute approximate surface area is 76.6 Å². The number of rotatable bonds is 1. The third kappa shape index (κ3) is 1.38. The van der Waals surface area contributed by atoms with Gasteiger partial charge in [-0.05, 0) is 18.6 Å². The predicted octanol–water partition coefficient (Wildman–Crippen LogP) is 1.40. The van der Waals surface area contributed by atoms with Gasteiger partial charge in [-0.15, -0.1) is 5.10 Å². The molecule has 0 unspecified atom stereocenters. The number of hydrogen-bond acceptors (Lipinski definition) is 3. The lowest BCUT2D eigenvalue weighted by Crippen LogP contribution is -2.01. The maximum Gasteiger partial charge on any atom is 0.0958 e. The van der Waals surface area contributed by atoms with Crippen molar-refractivity contribution in [1.82, 2.24) is 10.2 Å². The molecule has 1 aromatic heterocycles. The van der Waals surface area contributed by atoms with E-state index in [2.05, 4.69) is 10.2 Å². The van der Waals surface area contributed by atoms with Crippen LogP contribution in [0.5, 0.6) is 0 Å². The maximum absolute atomic E-state index is 5.48. The third-order valence-electron chi connectivity index (χ3n) is 2.08. The lowest BCUT2D eigenvalue weighted by Gasteiger charge is -2.00. The zero-order valence-corrected chi connectivity index (χ0v) is 7.49. The Bertz CT molecular complexity index is 437. The molecule has 0 amide bonds. The van der Waals surface area contributed by atoms with Gasteiger partial charge in [-0.25, -0.2) is 0 Å². The van der Waals surface area contributed by atoms with Crippen molar-refractivity contribution >= 4 is 10.9 Å². The Hall–Kier alpha value is -1.48. The highest BCUT2D eigenvalue weighted by atomic mass is 15.1. The predicted molar refractivity (Wildman–Crippen MR) is 52.2 cm³/mol. The SMILES string of the molecule is Cc1cccc2cc(CN)nnc12. The Morgan fingerprint density at radius 3 is 2.92 bits per heavy atom. The highest BCUT2D eigenvalue weighted by Gasteiger charge is 1.99. The van der Waals surface area contributed by atoms with Crippen LogP contribution in [0, 0.1) is 6.92 Å². The fourth-order valence-corrected chi connectivity index (χ4v) is 1.36. The van der Waals surface area contributed by atoms with Crippen molar-refractivity contribution in [3.63, 3.8) is 0 Å². The Balaban J connectivity index is 2.72. The summed E-state index contributed by atoms with van der Waals surface area (Å²) < 4.78 is 0. The minimum Gasteiger partial charge on any atom is -0.325 e. The first kappa shape index (κ1) is 8.13. The topological polar surface area (TPSA) is 51.8 Å². The Morgan fingerprint density at radius 2 is 2.15 bits per heavy atom. The molecule has 2 N–H and O–H groups in total. The summed E-state index contributed by atoms with van der Waals surface area (Å²) in [6, 6.07) is 8.05. The molecule has 3 nitrogen and oxygen atoms in total. The van der Waals surface area contributed by atoms with Crippen molar-refractivity contribution in [2.75, 3.05) is 0 Å². The van der Waals surface area contributed by atoms with Gasteiger partial charge < -0.3 is 5.73 Å². The highest BCUT2D eigenvalue weighted by Crippen LogP contribution is 2.14. The normalized spacial score (nSPS) is 10.6. The molecular formula is C10H11N3. The first-order chi connectivity index (χ1) is 6.31. The number of hydrogen-bond donors (Lipinski definition) is 1. The van der Waals surface area contributed by atoms with E-state index >= 15 is 0 Å². The molecule has 0 bridgehead atoms. The molecule has 0 saturated carbocycles. The van der Waals surface area contributed by atoms with Gasteiger partial charge in [0.05, 0.1) is 11.2 Å². The second-order valence-electron chi connectivity index (χ2n) is 3.05. The van der Waals surface area contributed by atoms with Gasteiger partial charge >= 0.3 is 0 Å². The van der Waals surface area contributed by atoms with Gasteiger partial charge in [-0.3, -0.25) is 0 Å². The van der Waals surface area contributed by atoms with Gasteiger partial charge in [0.2, 0.25) is 0 Å². The smallest absolute Gasteiger partial charge is 0.0958 e. The molecule has 0 fully saturated rings. The van der Waals surface area contributed by atoms with Gasteiger partial charge in [0.1, 0.15) is 0 Å². The lowest BCUT2D eigenvalue weighted by atomic mass is 10.1. The molecule has 1 aromatic carbocycles.